The van der Waals surface area contributed by atoms with E-state index >= 15 is 0 Å². The minimum absolute atomic E-state index is 0.0299. The van der Waals surface area contributed by atoms with Crippen molar-refractivity contribution in [1.82, 2.24) is 14.9 Å². The number of benzene rings is 1. The van der Waals surface area contributed by atoms with E-state index in [1.54, 1.807) is 7.05 Å². The van der Waals surface area contributed by atoms with Gasteiger partial charge >= 0.3 is 0 Å². The molecular weight excluding hydrogens is 293 g/mol. The first kappa shape index (κ1) is 16.4. The third-order valence-electron chi connectivity index (χ3n) is 3.74. The number of hydrogen-bond acceptors (Lipinski definition) is 4. The Hall–Kier alpha value is -1.02. The molecule has 0 aliphatic carbocycles. The molecule has 21 heavy (non-hydrogen) atoms. The number of rotatable bonds is 5. The van der Waals surface area contributed by atoms with Crippen LogP contribution < -0.4 is 10.0 Å². The molecule has 0 aromatic heterocycles. The molecule has 1 fully saturated rings. The van der Waals surface area contributed by atoms with Crippen LogP contribution in [0.1, 0.15) is 17.5 Å². The second-order valence-electron chi connectivity index (χ2n) is 5.60. The number of sulfonamides is 1. The summed E-state index contributed by atoms with van der Waals surface area (Å²) >= 11 is 0. The fraction of sp³-hybridized carbons (Fsp3) is 0.571. The van der Waals surface area contributed by atoms with Crippen LogP contribution in [-0.4, -0.2) is 46.5 Å². The normalized spacial score (nSPS) is 20.1. The molecule has 1 aromatic carbocycles. The average Bonchev–Trinajstić information content (AvgIpc) is 2.78. The molecule has 5 nitrogen and oxygen atoms in total. The fourth-order valence-corrected chi connectivity index (χ4v) is 4.17. The van der Waals surface area contributed by atoms with Gasteiger partial charge in [-0.2, -0.15) is 0 Å². The van der Waals surface area contributed by atoms with Gasteiger partial charge in [0, 0.05) is 24.7 Å². The minimum atomic E-state index is -3.71. The second kappa shape index (κ2) is 6.39. The molecule has 118 valence electrons. The molecule has 1 heterocycles. The summed E-state index contributed by atoms with van der Waals surface area (Å²) in [4.78, 5) is 2.10. The number of likely N-dealkylation sites (tertiary alicyclic amines) is 1. The lowest BCUT2D eigenvalue weighted by Gasteiger charge is -2.16. The third-order valence-corrected chi connectivity index (χ3v) is 5.39. The Bertz CT molecular complexity index is 619. The fourth-order valence-electron chi connectivity index (χ4n) is 2.61. The molecule has 1 aliphatic heterocycles. The van der Waals surface area contributed by atoms with Gasteiger partial charge in [0.2, 0.25) is 10.0 Å². The summed E-state index contributed by atoms with van der Waals surface area (Å²) in [7, 11) is -0.0197. The van der Waals surface area contributed by atoms with Crippen LogP contribution >= 0.6 is 0 Å². The zero-order valence-corrected chi connectivity index (χ0v) is 13.4. The lowest BCUT2D eigenvalue weighted by Crippen LogP contribution is -2.37. The zero-order chi connectivity index (χ0) is 15.6. The van der Waals surface area contributed by atoms with E-state index in [0.717, 1.165) is 13.0 Å². The molecule has 1 atom stereocenters. The van der Waals surface area contributed by atoms with Crippen LogP contribution in [0.25, 0.3) is 0 Å². The van der Waals surface area contributed by atoms with Gasteiger partial charge in [-0.15, -0.1) is 0 Å². The van der Waals surface area contributed by atoms with Crippen molar-refractivity contribution in [2.75, 3.05) is 27.2 Å². The molecule has 0 radical (unpaired) electrons. The smallest absolute Gasteiger partial charge is 0.241 e. The maximum Gasteiger partial charge on any atom is 0.241 e. The molecule has 1 aromatic rings. The summed E-state index contributed by atoms with van der Waals surface area (Å²) in [5.41, 5.74) is 0.776. The standard InChI is InChI=1S/C14H22FN3O2S/c1-10-13(15)6-11(8-16-2)7-14(10)21(19,20)17-12-4-5-18(3)9-12/h6-7,12,16-17H,4-5,8-9H2,1-3H3. The van der Waals surface area contributed by atoms with Gasteiger partial charge in [-0.05, 0) is 51.7 Å². The Morgan fingerprint density at radius 3 is 2.71 bits per heavy atom. The minimum Gasteiger partial charge on any atom is -0.316 e. The predicted molar refractivity (Wildman–Crippen MR) is 80.1 cm³/mol. The van der Waals surface area contributed by atoms with E-state index in [9.17, 15) is 12.8 Å². The van der Waals surface area contributed by atoms with Gasteiger partial charge in [-0.25, -0.2) is 17.5 Å². The lowest BCUT2D eigenvalue weighted by atomic mass is 10.1. The van der Waals surface area contributed by atoms with Gasteiger partial charge in [0.05, 0.1) is 4.90 Å². The molecular formula is C14H22FN3O2S. The van der Waals surface area contributed by atoms with E-state index in [-0.39, 0.29) is 16.5 Å². The molecule has 0 spiro atoms. The Morgan fingerprint density at radius 1 is 1.43 bits per heavy atom. The molecule has 7 heteroatoms. The van der Waals surface area contributed by atoms with E-state index in [1.165, 1.54) is 19.1 Å². The van der Waals surface area contributed by atoms with Crippen LogP contribution in [0.5, 0.6) is 0 Å². The number of hydrogen-bond donors (Lipinski definition) is 2. The molecule has 0 saturated carbocycles. The van der Waals surface area contributed by atoms with Gasteiger partial charge in [-0.3, -0.25) is 0 Å². The van der Waals surface area contributed by atoms with Gasteiger partial charge in [0.15, 0.2) is 0 Å². The van der Waals surface area contributed by atoms with Crippen LogP contribution in [-0.2, 0) is 16.6 Å². The van der Waals surface area contributed by atoms with Crippen LogP contribution in [0.15, 0.2) is 17.0 Å². The summed E-state index contributed by atoms with van der Waals surface area (Å²) in [6.07, 6.45) is 0.771. The Kier molecular flexibility index (Phi) is 4.98. The molecule has 1 saturated heterocycles. The van der Waals surface area contributed by atoms with E-state index in [0.29, 0.717) is 18.7 Å². The van der Waals surface area contributed by atoms with E-state index in [1.807, 2.05) is 7.05 Å². The number of nitrogens with one attached hydrogen (secondary N) is 2. The second-order valence-corrected chi connectivity index (χ2v) is 7.28. The maximum absolute atomic E-state index is 13.9. The molecule has 1 aliphatic rings. The van der Waals surface area contributed by atoms with Crippen LogP contribution in [0, 0.1) is 12.7 Å². The lowest BCUT2D eigenvalue weighted by molar-refractivity contribution is 0.407. The topological polar surface area (TPSA) is 61.4 Å². The molecule has 0 bridgehead atoms. The first-order valence-electron chi connectivity index (χ1n) is 6.98. The van der Waals surface area contributed by atoms with Crippen LogP contribution in [0.3, 0.4) is 0 Å². The third kappa shape index (κ3) is 3.79. The highest BCUT2D eigenvalue weighted by molar-refractivity contribution is 7.89. The monoisotopic (exact) mass is 315 g/mol. The summed E-state index contributed by atoms with van der Waals surface area (Å²) in [6, 6.07) is 2.79. The highest BCUT2D eigenvalue weighted by atomic mass is 32.2. The van der Waals surface area contributed by atoms with Crippen molar-refractivity contribution in [2.45, 2.75) is 30.8 Å². The largest absolute Gasteiger partial charge is 0.316 e. The Labute approximate surface area is 125 Å². The Balaban J connectivity index is 2.30. The van der Waals surface area contributed by atoms with E-state index in [2.05, 4.69) is 14.9 Å². The van der Waals surface area contributed by atoms with Gasteiger partial charge < -0.3 is 10.2 Å². The first-order chi connectivity index (χ1) is 9.83. The van der Waals surface area contributed by atoms with Crippen molar-refractivity contribution in [3.8, 4) is 0 Å². The van der Waals surface area contributed by atoms with Gasteiger partial charge in [-0.1, -0.05) is 0 Å². The maximum atomic E-state index is 13.9. The Morgan fingerprint density at radius 2 is 2.14 bits per heavy atom. The summed E-state index contributed by atoms with van der Waals surface area (Å²) in [5.74, 6) is -0.494. The highest BCUT2D eigenvalue weighted by Gasteiger charge is 2.27. The van der Waals surface area contributed by atoms with Gasteiger partial charge in [0.1, 0.15) is 5.82 Å². The first-order valence-corrected chi connectivity index (χ1v) is 8.46. The van der Waals surface area contributed by atoms with Gasteiger partial charge in [0.25, 0.3) is 0 Å². The number of halogens is 1. The van der Waals surface area contributed by atoms with Crippen molar-refractivity contribution in [2.24, 2.45) is 0 Å². The zero-order valence-electron chi connectivity index (χ0n) is 12.6. The van der Waals surface area contributed by atoms with Crippen molar-refractivity contribution >= 4 is 10.0 Å². The molecule has 0 amide bonds. The SMILES string of the molecule is CNCc1cc(F)c(C)c(S(=O)(=O)NC2CCN(C)C2)c1. The van der Waals surface area contributed by atoms with Crippen molar-refractivity contribution in [1.29, 1.82) is 0 Å². The highest BCUT2D eigenvalue weighted by Crippen LogP contribution is 2.22. The van der Waals surface area contributed by atoms with Crippen LogP contribution in [0.2, 0.25) is 0 Å². The summed E-state index contributed by atoms with van der Waals surface area (Å²) < 4.78 is 41.6. The van der Waals surface area contributed by atoms with E-state index < -0.39 is 15.8 Å². The molecule has 1 unspecified atom stereocenters. The number of likely N-dealkylation sites (N-methyl/N-ethyl adjacent to an activating group) is 1. The average molecular weight is 315 g/mol. The van der Waals surface area contributed by atoms with Crippen molar-refractivity contribution < 1.29 is 12.8 Å². The molecule has 2 rings (SSSR count). The van der Waals surface area contributed by atoms with Crippen LogP contribution in [0.4, 0.5) is 4.39 Å². The predicted octanol–water partition coefficient (Wildman–Crippen LogP) is 0.836. The quantitative estimate of drug-likeness (QED) is 0.845. The van der Waals surface area contributed by atoms with E-state index in [4.69, 9.17) is 0 Å². The van der Waals surface area contributed by atoms with Crippen molar-refractivity contribution in [3.05, 3.63) is 29.1 Å². The van der Waals surface area contributed by atoms with Crippen molar-refractivity contribution in [3.63, 3.8) is 0 Å². The number of nitrogens with zero attached hydrogens (tertiary/aromatic N) is 1. The molecule has 2 N–H and O–H groups in total. The summed E-state index contributed by atoms with van der Waals surface area (Å²) in [5, 5.41) is 2.90. The summed E-state index contributed by atoms with van der Waals surface area (Å²) in [6.45, 7) is 3.46.